The molecule has 1 unspecified atom stereocenters. The molecule has 14 heteroatoms. The highest BCUT2D eigenvalue weighted by Gasteiger charge is 2.71. The molecule has 6 aliphatic heterocycles. The van der Waals surface area contributed by atoms with Gasteiger partial charge in [-0.3, -0.25) is 13.9 Å². The summed E-state index contributed by atoms with van der Waals surface area (Å²) in [4.78, 5) is 29.8. The third-order valence-corrected chi connectivity index (χ3v) is 14.8. The average molecular weight is 838 g/mol. The molecule has 0 aliphatic carbocycles. The number of nitrogens with zero attached hydrogens (tertiary/aromatic N) is 2. The van der Waals surface area contributed by atoms with Crippen molar-refractivity contribution in [3.05, 3.63) is 80.7 Å². The quantitative estimate of drug-likeness (QED) is 0.163. The van der Waals surface area contributed by atoms with Crippen molar-refractivity contribution in [3.8, 4) is 0 Å². The van der Waals surface area contributed by atoms with Crippen LogP contribution in [-0.4, -0.2) is 125 Å². The minimum Gasteiger partial charge on any atom is -1.00 e. The number of carbonyl (C=O) groups is 2. The molecule has 0 spiro atoms. The molecule has 284 valence electrons. The first-order valence-electron chi connectivity index (χ1n) is 17.9. The molecular weight excluding hydrogens is 789 g/mol. The fourth-order valence-electron chi connectivity index (χ4n) is 8.80. The van der Waals surface area contributed by atoms with E-state index in [0.29, 0.717) is 52.1 Å². The molecule has 1 aromatic carbocycles. The largest absolute Gasteiger partial charge is 1.00 e. The van der Waals surface area contributed by atoms with Gasteiger partial charge in [0.05, 0.1) is 30.5 Å². The van der Waals surface area contributed by atoms with Crippen LogP contribution in [0.1, 0.15) is 47.4 Å². The number of rotatable bonds is 11. The van der Waals surface area contributed by atoms with Gasteiger partial charge in [0.1, 0.15) is 41.9 Å². The molecule has 6 saturated heterocycles. The van der Waals surface area contributed by atoms with Gasteiger partial charge in [-0.2, -0.15) is 0 Å². The van der Waals surface area contributed by atoms with Gasteiger partial charge in [-0.1, -0.05) is 42.5 Å². The van der Waals surface area contributed by atoms with Crippen molar-refractivity contribution < 1.29 is 59.7 Å². The molecule has 9 rings (SSSR count). The minimum atomic E-state index is -1.72. The Balaban J connectivity index is 0.000000175. The van der Waals surface area contributed by atoms with Gasteiger partial charge in [0.2, 0.25) is 5.60 Å². The standard InChI is InChI=1S/C19H22NO4S2.C19H27NO4S.BrH/c1-20(2)12-9-11(10-13(20)17-16(12)24-17)23-18(21)19(22,14-5-3-7-25-14)15-6-4-8-26-15;1-25(23)12-9-19(14-21,16-5-3-2-4-6-16)18(22)24-17-13-20-10-7-15(17)8-11-20;/h3-8,11-13,16-17,22H,9-10H2,1-2H3;2-6,15,17,21H,7-14H2,1H3;1H/q+1;;/p-1/t11?,12-,13+,16-,17+;17-,19+,25+;/m.0./s1. The monoisotopic (exact) mass is 836 g/mol. The van der Waals surface area contributed by atoms with E-state index >= 15 is 0 Å². The SMILES string of the molecule is C[N+]1(C)[C@@H]2CC(OC(=O)C(O)(c3cccs3)c3cccs3)C[C@H]1[C@@H]1O[C@@H]12.C[S@@](=O)CC[C@](CO)(C(=O)O[C@H]1CN2CCC1CC2)c1ccccc1.[Br-]. The smallest absolute Gasteiger partial charge is 0.349 e. The lowest BCUT2D eigenvalue weighted by molar-refractivity contribution is -0.938. The molecule has 0 radical (unpaired) electrons. The molecule has 0 amide bonds. The zero-order valence-electron chi connectivity index (χ0n) is 29.8. The zero-order chi connectivity index (χ0) is 36.0. The number of hydrogen-bond donors (Lipinski definition) is 2. The van der Waals surface area contributed by atoms with Crippen molar-refractivity contribution in [1.29, 1.82) is 0 Å². The molecule has 52 heavy (non-hydrogen) atoms. The van der Waals surface area contributed by atoms with Crippen LogP contribution in [0.15, 0.2) is 65.4 Å². The lowest BCUT2D eigenvalue weighted by Gasteiger charge is -2.45. The summed E-state index contributed by atoms with van der Waals surface area (Å²) in [5.41, 5.74) is -2.13. The number of ether oxygens (including phenoxy) is 3. The molecule has 8 atom stereocenters. The van der Waals surface area contributed by atoms with Gasteiger partial charge in [-0.15, -0.1) is 22.7 Å². The van der Waals surface area contributed by atoms with Crippen molar-refractivity contribution in [3.63, 3.8) is 0 Å². The Bertz CT molecular complexity index is 1630. The maximum Gasteiger partial charge on any atom is 0.349 e. The maximum atomic E-state index is 13.2. The van der Waals surface area contributed by atoms with Crippen LogP contribution in [0.4, 0.5) is 0 Å². The third kappa shape index (κ3) is 7.48. The predicted octanol–water partition coefficient (Wildman–Crippen LogP) is 0.672. The minimum absolute atomic E-state index is 0. The summed E-state index contributed by atoms with van der Waals surface area (Å²) in [6.07, 6.45) is 6.01. The number of hydrogen-bond acceptors (Lipinski definition) is 11. The maximum absolute atomic E-state index is 13.2. The van der Waals surface area contributed by atoms with Gasteiger partial charge in [-0.05, 0) is 66.7 Å². The van der Waals surface area contributed by atoms with E-state index in [-0.39, 0.29) is 41.8 Å². The molecule has 6 fully saturated rings. The van der Waals surface area contributed by atoms with Gasteiger partial charge < -0.3 is 45.9 Å². The highest BCUT2D eigenvalue weighted by molar-refractivity contribution is 7.84. The van der Waals surface area contributed by atoms with E-state index in [1.165, 1.54) is 22.7 Å². The molecule has 2 aromatic heterocycles. The molecule has 0 saturated carbocycles. The Hall–Kier alpha value is -2.01. The summed E-state index contributed by atoms with van der Waals surface area (Å²) < 4.78 is 30.2. The zero-order valence-corrected chi connectivity index (χ0v) is 33.8. The number of quaternary nitrogens is 1. The van der Waals surface area contributed by atoms with Crippen LogP contribution in [0.3, 0.4) is 0 Å². The van der Waals surface area contributed by atoms with E-state index in [2.05, 4.69) is 19.0 Å². The summed E-state index contributed by atoms with van der Waals surface area (Å²) in [6.45, 7) is 2.61. The molecule has 3 aromatic rings. The number of esters is 2. The number of piperidine rings is 4. The van der Waals surface area contributed by atoms with Crippen molar-refractivity contribution in [2.75, 3.05) is 52.3 Å². The molecule has 4 bridgehead atoms. The molecule has 2 N–H and O–H groups in total. The van der Waals surface area contributed by atoms with E-state index in [4.69, 9.17) is 14.2 Å². The van der Waals surface area contributed by atoms with Gasteiger partial charge in [0, 0.05) is 42.2 Å². The van der Waals surface area contributed by atoms with Gasteiger partial charge in [-0.25, -0.2) is 4.79 Å². The second-order valence-electron chi connectivity index (χ2n) is 15.2. The third-order valence-electron chi connectivity index (χ3n) is 12.0. The predicted molar refractivity (Wildman–Crippen MR) is 197 cm³/mol. The Labute approximate surface area is 326 Å². The number of epoxide rings is 1. The highest BCUT2D eigenvalue weighted by atomic mass is 79.9. The highest BCUT2D eigenvalue weighted by Crippen LogP contribution is 2.52. The van der Waals surface area contributed by atoms with E-state index in [9.17, 15) is 24.0 Å². The van der Waals surface area contributed by atoms with E-state index < -0.39 is 27.8 Å². The van der Waals surface area contributed by atoms with Gasteiger partial charge in [0.25, 0.3) is 0 Å². The summed E-state index contributed by atoms with van der Waals surface area (Å²) >= 11 is 2.74. The van der Waals surface area contributed by atoms with Crippen LogP contribution in [0, 0.1) is 5.92 Å². The Morgan fingerprint density at radius 1 is 0.942 bits per heavy atom. The number of aliphatic hydroxyl groups is 2. The number of thiophene rings is 2. The number of aliphatic hydroxyl groups excluding tert-OH is 1. The molecule has 8 heterocycles. The van der Waals surface area contributed by atoms with Crippen molar-refractivity contribution in [1.82, 2.24) is 4.90 Å². The van der Waals surface area contributed by atoms with Crippen molar-refractivity contribution in [2.45, 2.75) is 79.6 Å². The molecule has 10 nitrogen and oxygen atoms in total. The average Bonchev–Trinajstić information content (AvgIpc) is 3.42. The number of benzene rings is 1. The van der Waals surface area contributed by atoms with Crippen molar-refractivity contribution >= 4 is 45.4 Å². The van der Waals surface area contributed by atoms with E-state index in [1.807, 2.05) is 53.2 Å². The molecular formula is C38H49BrN2O8S3. The number of carbonyl (C=O) groups excluding carboxylic acids is 2. The summed E-state index contributed by atoms with van der Waals surface area (Å²) in [7, 11) is 3.45. The number of halogens is 1. The Morgan fingerprint density at radius 3 is 2.02 bits per heavy atom. The van der Waals surface area contributed by atoms with Crippen LogP contribution < -0.4 is 17.0 Å². The Morgan fingerprint density at radius 2 is 1.54 bits per heavy atom. The Kier molecular flexibility index (Phi) is 12.2. The first-order valence-corrected chi connectivity index (χ1v) is 21.4. The normalized spacial score (nSPS) is 31.1. The number of likely N-dealkylation sites (N-methyl/N-ethyl adjacent to an activating group) is 1. The number of morpholine rings is 1. The first-order chi connectivity index (χ1) is 24.5. The van der Waals surface area contributed by atoms with Crippen LogP contribution >= 0.6 is 22.7 Å². The van der Waals surface area contributed by atoms with Crippen LogP contribution in [0.5, 0.6) is 0 Å². The van der Waals surface area contributed by atoms with Crippen LogP contribution in [0.25, 0.3) is 0 Å². The second kappa shape index (κ2) is 16.0. The lowest BCUT2D eigenvalue weighted by Crippen LogP contribution is -3.00. The van der Waals surface area contributed by atoms with Crippen LogP contribution in [0.2, 0.25) is 0 Å². The van der Waals surface area contributed by atoms with Crippen molar-refractivity contribution in [2.24, 2.45) is 5.92 Å². The molecule has 6 aliphatic rings. The second-order valence-corrected chi connectivity index (χ2v) is 18.7. The summed E-state index contributed by atoms with van der Waals surface area (Å²) in [6, 6.07) is 17.3. The summed E-state index contributed by atoms with van der Waals surface area (Å²) in [5, 5.41) is 25.3. The lowest BCUT2D eigenvalue weighted by atomic mass is 9.78. The van der Waals surface area contributed by atoms with Gasteiger partial charge >= 0.3 is 11.9 Å². The van der Waals surface area contributed by atoms with E-state index in [1.54, 1.807) is 18.4 Å². The number of fused-ring (bicyclic) bond motifs is 8. The fourth-order valence-corrected chi connectivity index (χ4v) is 11.1. The summed E-state index contributed by atoms with van der Waals surface area (Å²) in [5.74, 6) is -0.175. The van der Waals surface area contributed by atoms with E-state index in [0.717, 1.165) is 55.4 Å². The van der Waals surface area contributed by atoms with Gasteiger partial charge in [0.15, 0.2) is 0 Å². The van der Waals surface area contributed by atoms with Crippen LogP contribution in [-0.2, 0) is 45.6 Å². The topological polar surface area (TPSA) is 126 Å². The first kappa shape index (κ1) is 39.7. The fraction of sp³-hybridized carbons (Fsp3) is 0.579.